The fourth-order valence-corrected chi connectivity index (χ4v) is 1.83. The van der Waals surface area contributed by atoms with Crippen LogP contribution in [-0.4, -0.2) is 22.7 Å². The quantitative estimate of drug-likeness (QED) is 0.850. The number of aryl methyl sites for hydroxylation is 2. The van der Waals surface area contributed by atoms with Crippen LogP contribution in [0.25, 0.3) is 0 Å². The Hall–Kier alpha value is -2.30. The number of hydrogen-bond donors (Lipinski definition) is 2. The zero-order chi connectivity index (χ0) is 14.4. The second-order valence-electron chi connectivity index (χ2n) is 4.46. The van der Waals surface area contributed by atoms with Crippen LogP contribution in [0.5, 0.6) is 5.75 Å². The second-order valence-corrected chi connectivity index (χ2v) is 4.46. The van der Waals surface area contributed by atoms with Crippen molar-refractivity contribution in [2.75, 3.05) is 11.9 Å². The molecule has 2 rings (SSSR count). The lowest BCUT2D eigenvalue weighted by Gasteiger charge is -2.07. The predicted octanol–water partition coefficient (Wildman–Crippen LogP) is 2.55. The van der Waals surface area contributed by atoms with Gasteiger partial charge in [0.15, 0.2) is 6.61 Å². The van der Waals surface area contributed by atoms with Gasteiger partial charge in [-0.1, -0.05) is 26.0 Å². The number of aromatic amines is 1. The predicted molar refractivity (Wildman–Crippen MR) is 77.9 cm³/mol. The van der Waals surface area contributed by atoms with Crippen molar-refractivity contribution in [1.29, 1.82) is 0 Å². The molecule has 5 nitrogen and oxygen atoms in total. The average Bonchev–Trinajstić information content (AvgIpc) is 2.92. The minimum atomic E-state index is -0.205. The van der Waals surface area contributed by atoms with Crippen LogP contribution in [0.2, 0.25) is 0 Å². The van der Waals surface area contributed by atoms with Gasteiger partial charge in [-0.3, -0.25) is 9.89 Å². The van der Waals surface area contributed by atoms with E-state index in [1.54, 1.807) is 6.20 Å². The lowest BCUT2D eigenvalue weighted by Crippen LogP contribution is -2.21. The maximum absolute atomic E-state index is 11.8. The molecule has 0 unspecified atom stereocenters. The second kappa shape index (κ2) is 6.75. The van der Waals surface area contributed by atoms with Crippen LogP contribution < -0.4 is 10.1 Å². The van der Waals surface area contributed by atoms with E-state index in [9.17, 15) is 4.79 Å². The molecule has 106 valence electrons. The van der Waals surface area contributed by atoms with Crippen LogP contribution in [0, 0.1) is 0 Å². The molecule has 20 heavy (non-hydrogen) atoms. The highest BCUT2D eigenvalue weighted by molar-refractivity contribution is 5.91. The summed E-state index contributed by atoms with van der Waals surface area (Å²) < 4.78 is 5.44. The fourth-order valence-electron chi connectivity index (χ4n) is 1.83. The molecule has 1 heterocycles. The van der Waals surface area contributed by atoms with Crippen molar-refractivity contribution in [1.82, 2.24) is 10.2 Å². The Morgan fingerprint density at radius 3 is 2.65 bits per heavy atom. The molecule has 0 aliphatic carbocycles. The van der Waals surface area contributed by atoms with Crippen molar-refractivity contribution < 1.29 is 9.53 Å². The molecule has 1 aromatic heterocycles. The molecular formula is C15H19N3O2. The summed E-state index contributed by atoms with van der Waals surface area (Å²) in [5.41, 5.74) is 2.22. The first-order valence-electron chi connectivity index (χ1n) is 6.76. The van der Waals surface area contributed by atoms with Crippen LogP contribution in [0.1, 0.15) is 25.0 Å². The zero-order valence-corrected chi connectivity index (χ0v) is 11.8. The van der Waals surface area contributed by atoms with E-state index in [1.165, 1.54) is 5.56 Å². The van der Waals surface area contributed by atoms with Crippen LogP contribution in [0.15, 0.2) is 30.5 Å². The standard InChI is InChI=1S/C15H19N3O2/c1-3-11-5-7-13(8-6-11)20-10-14(19)17-15-12(4-2)9-16-18-15/h5-9H,3-4,10H2,1-2H3,(H2,16,17,18,19). The number of aromatic nitrogens is 2. The molecule has 0 saturated heterocycles. The summed E-state index contributed by atoms with van der Waals surface area (Å²) in [5.74, 6) is 1.13. The Balaban J connectivity index is 1.85. The molecule has 0 spiro atoms. The average molecular weight is 273 g/mol. The third-order valence-electron chi connectivity index (χ3n) is 3.06. The summed E-state index contributed by atoms with van der Waals surface area (Å²) >= 11 is 0. The number of benzene rings is 1. The Labute approximate surface area is 118 Å². The lowest BCUT2D eigenvalue weighted by molar-refractivity contribution is -0.118. The van der Waals surface area contributed by atoms with Crippen LogP contribution >= 0.6 is 0 Å². The number of H-pyrrole nitrogens is 1. The molecule has 0 bridgehead atoms. The number of hydrogen-bond acceptors (Lipinski definition) is 3. The molecule has 5 heteroatoms. The van der Waals surface area contributed by atoms with Crippen LogP contribution in [0.3, 0.4) is 0 Å². The zero-order valence-electron chi connectivity index (χ0n) is 11.8. The molecule has 1 aromatic carbocycles. The number of rotatable bonds is 6. The first kappa shape index (κ1) is 14.1. The molecule has 0 fully saturated rings. The van der Waals surface area contributed by atoms with Gasteiger partial charge in [-0.15, -0.1) is 0 Å². The van der Waals surface area contributed by atoms with Crippen molar-refractivity contribution in [3.63, 3.8) is 0 Å². The first-order chi connectivity index (χ1) is 9.72. The highest BCUT2D eigenvalue weighted by atomic mass is 16.5. The Morgan fingerprint density at radius 2 is 2.00 bits per heavy atom. The van der Waals surface area contributed by atoms with E-state index < -0.39 is 0 Å². The van der Waals surface area contributed by atoms with Crippen molar-refractivity contribution in [2.24, 2.45) is 0 Å². The molecule has 0 atom stereocenters. The van der Waals surface area contributed by atoms with Crippen LogP contribution in [0.4, 0.5) is 5.82 Å². The lowest BCUT2D eigenvalue weighted by atomic mass is 10.2. The summed E-state index contributed by atoms with van der Waals surface area (Å²) in [7, 11) is 0. The molecule has 0 radical (unpaired) electrons. The minimum absolute atomic E-state index is 0.0202. The number of anilines is 1. The van der Waals surface area contributed by atoms with E-state index in [2.05, 4.69) is 22.4 Å². The third-order valence-corrected chi connectivity index (χ3v) is 3.06. The Kier molecular flexibility index (Phi) is 4.76. The minimum Gasteiger partial charge on any atom is -0.484 e. The largest absolute Gasteiger partial charge is 0.484 e. The molecule has 0 saturated carbocycles. The summed E-state index contributed by atoms with van der Waals surface area (Å²) in [6.07, 6.45) is 3.51. The van der Waals surface area contributed by atoms with Gasteiger partial charge in [0, 0.05) is 5.56 Å². The van der Waals surface area contributed by atoms with Crippen molar-refractivity contribution in [3.8, 4) is 5.75 Å². The topological polar surface area (TPSA) is 67.0 Å². The fraction of sp³-hybridized carbons (Fsp3) is 0.333. The smallest absolute Gasteiger partial charge is 0.263 e. The van der Waals surface area contributed by atoms with Crippen molar-refractivity contribution in [3.05, 3.63) is 41.6 Å². The monoisotopic (exact) mass is 273 g/mol. The van der Waals surface area contributed by atoms with E-state index in [0.29, 0.717) is 11.6 Å². The maximum Gasteiger partial charge on any atom is 0.263 e. The molecule has 1 amide bonds. The number of ether oxygens (including phenoxy) is 1. The number of carbonyl (C=O) groups is 1. The molecule has 0 aliphatic rings. The van der Waals surface area contributed by atoms with E-state index in [1.807, 2.05) is 31.2 Å². The summed E-state index contributed by atoms with van der Waals surface area (Å²) in [5, 5.41) is 9.42. The van der Waals surface area contributed by atoms with Gasteiger partial charge in [-0.25, -0.2) is 0 Å². The number of amides is 1. The maximum atomic E-state index is 11.8. The number of nitrogens with one attached hydrogen (secondary N) is 2. The summed E-state index contributed by atoms with van der Waals surface area (Å²) in [6, 6.07) is 7.74. The Morgan fingerprint density at radius 1 is 1.25 bits per heavy atom. The van der Waals surface area contributed by atoms with Gasteiger partial charge in [-0.05, 0) is 30.5 Å². The Bertz CT molecular complexity index is 561. The van der Waals surface area contributed by atoms with Gasteiger partial charge in [-0.2, -0.15) is 5.10 Å². The van der Waals surface area contributed by atoms with Gasteiger partial charge in [0.2, 0.25) is 0 Å². The van der Waals surface area contributed by atoms with Gasteiger partial charge < -0.3 is 10.1 Å². The number of nitrogens with zero attached hydrogens (tertiary/aromatic N) is 1. The highest BCUT2D eigenvalue weighted by Gasteiger charge is 2.08. The highest BCUT2D eigenvalue weighted by Crippen LogP contribution is 2.13. The molecule has 0 aliphatic heterocycles. The SMILES string of the molecule is CCc1ccc(OCC(=O)Nc2[nH]ncc2CC)cc1. The van der Waals surface area contributed by atoms with Gasteiger partial charge in [0.25, 0.3) is 5.91 Å². The van der Waals surface area contributed by atoms with Crippen molar-refractivity contribution >= 4 is 11.7 Å². The van der Waals surface area contributed by atoms with Gasteiger partial charge >= 0.3 is 0 Å². The summed E-state index contributed by atoms with van der Waals surface area (Å²) in [6.45, 7) is 4.08. The van der Waals surface area contributed by atoms with E-state index >= 15 is 0 Å². The normalized spacial score (nSPS) is 10.3. The van der Waals surface area contributed by atoms with E-state index in [4.69, 9.17) is 4.74 Å². The van der Waals surface area contributed by atoms with Crippen LogP contribution in [-0.2, 0) is 17.6 Å². The molecule has 2 N–H and O–H groups in total. The molecule has 2 aromatic rings. The van der Waals surface area contributed by atoms with Crippen molar-refractivity contribution in [2.45, 2.75) is 26.7 Å². The first-order valence-corrected chi connectivity index (χ1v) is 6.76. The molecular weight excluding hydrogens is 254 g/mol. The number of carbonyl (C=O) groups excluding carboxylic acids is 1. The van der Waals surface area contributed by atoms with Gasteiger partial charge in [0.05, 0.1) is 6.20 Å². The van der Waals surface area contributed by atoms with E-state index in [0.717, 1.165) is 18.4 Å². The van der Waals surface area contributed by atoms with Gasteiger partial charge in [0.1, 0.15) is 11.6 Å². The third kappa shape index (κ3) is 3.60. The summed E-state index contributed by atoms with van der Waals surface area (Å²) in [4.78, 5) is 11.8. The van der Waals surface area contributed by atoms with E-state index in [-0.39, 0.29) is 12.5 Å².